The zero-order valence-electron chi connectivity index (χ0n) is 21.8. The number of nitrogens with zero attached hydrogens (tertiary/aromatic N) is 6. The minimum absolute atomic E-state index is 0.132. The normalized spacial score (nSPS) is 14.9. The Kier molecular flexibility index (Phi) is 7.26. The summed E-state index contributed by atoms with van der Waals surface area (Å²) in [5, 5.41) is 22.7. The standard InChI is InChI=1S/C29H25N7O4/c1-19-11-12-21(18-30)16-25(19)40-28-26(36(37)38)24(15-20-7-4-3-5-8-20)33-29(35(28)31)39-23-10-6-9-22(17-23)27-32-13-14-34(27)2/h3-14,16-17,29H,15,31H2,1-2H3. The predicted octanol–water partition coefficient (Wildman–Crippen LogP) is 4.33. The van der Waals surface area contributed by atoms with Crippen LogP contribution in [0.5, 0.6) is 11.5 Å². The molecule has 1 atom stereocenters. The van der Waals surface area contributed by atoms with Crippen molar-refractivity contribution in [1.82, 2.24) is 14.6 Å². The summed E-state index contributed by atoms with van der Waals surface area (Å²) in [6.07, 6.45) is 2.49. The minimum atomic E-state index is -1.19. The highest BCUT2D eigenvalue weighted by atomic mass is 16.6. The van der Waals surface area contributed by atoms with Gasteiger partial charge in [-0.1, -0.05) is 48.5 Å². The second kappa shape index (κ2) is 11.1. The molecular formula is C29H25N7O4. The zero-order chi connectivity index (χ0) is 28.2. The summed E-state index contributed by atoms with van der Waals surface area (Å²) in [7, 11) is 1.88. The van der Waals surface area contributed by atoms with Gasteiger partial charge in [0, 0.05) is 31.4 Å². The van der Waals surface area contributed by atoms with Crippen LogP contribution in [0.1, 0.15) is 16.7 Å². The number of nitro groups is 1. The van der Waals surface area contributed by atoms with Crippen molar-refractivity contribution in [2.45, 2.75) is 19.7 Å². The van der Waals surface area contributed by atoms with E-state index in [2.05, 4.69) is 16.0 Å². The van der Waals surface area contributed by atoms with Crippen molar-refractivity contribution in [2.75, 3.05) is 0 Å². The van der Waals surface area contributed by atoms with Gasteiger partial charge in [-0.3, -0.25) is 10.1 Å². The smallest absolute Gasteiger partial charge is 0.352 e. The van der Waals surface area contributed by atoms with Crippen molar-refractivity contribution < 1.29 is 14.4 Å². The number of hydrogen-bond donors (Lipinski definition) is 1. The summed E-state index contributed by atoms with van der Waals surface area (Å²) in [5.74, 6) is 7.57. The average Bonchev–Trinajstić information content (AvgIpc) is 3.38. The van der Waals surface area contributed by atoms with Gasteiger partial charge in [-0.05, 0) is 42.3 Å². The monoisotopic (exact) mass is 535 g/mol. The van der Waals surface area contributed by atoms with Crippen molar-refractivity contribution in [3.8, 4) is 29.0 Å². The van der Waals surface area contributed by atoms with E-state index in [1.165, 1.54) is 6.07 Å². The van der Waals surface area contributed by atoms with Gasteiger partial charge in [0.1, 0.15) is 23.0 Å². The maximum absolute atomic E-state index is 12.4. The van der Waals surface area contributed by atoms with Crippen LogP contribution in [0.2, 0.25) is 0 Å². The van der Waals surface area contributed by atoms with E-state index in [-0.39, 0.29) is 23.8 Å². The van der Waals surface area contributed by atoms with E-state index < -0.39 is 17.0 Å². The summed E-state index contributed by atoms with van der Waals surface area (Å²) in [6, 6.07) is 23.4. The van der Waals surface area contributed by atoms with Crippen molar-refractivity contribution in [3.63, 3.8) is 0 Å². The Morgan fingerprint density at radius 3 is 2.62 bits per heavy atom. The number of ether oxygens (including phenoxy) is 2. The van der Waals surface area contributed by atoms with Crippen molar-refractivity contribution >= 4 is 5.71 Å². The lowest BCUT2D eigenvalue weighted by atomic mass is 10.1. The highest BCUT2D eigenvalue weighted by Gasteiger charge is 2.39. The molecule has 0 spiro atoms. The Bertz CT molecular complexity index is 1670. The number of aryl methyl sites for hydroxylation is 2. The largest absolute Gasteiger partial charge is 0.449 e. The first-order valence-electron chi connectivity index (χ1n) is 12.3. The number of allylic oxidation sites excluding steroid dienone is 1. The Morgan fingerprint density at radius 2 is 1.93 bits per heavy atom. The fourth-order valence-corrected chi connectivity index (χ4v) is 4.25. The average molecular weight is 536 g/mol. The molecule has 2 N–H and O–H groups in total. The zero-order valence-corrected chi connectivity index (χ0v) is 21.8. The number of hydrazine groups is 1. The number of aromatic nitrogens is 2. The third-order valence-corrected chi connectivity index (χ3v) is 6.29. The number of imidazole rings is 1. The van der Waals surface area contributed by atoms with Gasteiger partial charge in [0.05, 0.1) is 16.6 Å². The molecule has 200 valence electrons. The number of nitriles is 1. The Hall–Kier alpha value is -5.47. The van der Waals surface area contributed by atoms with Crippen LogP contribution in [0, 0.1) is 28.4 Å². The molecule has 40 heavy (non-hydrogen) atoms. The molecule has 0 fully saturated rings. The molecule has 0 saturated heterocycles. The lowest BCUT2D eigenvalue weighted by Crippen LogP contribution is -2.49. The Balaban J connectivity index is 1.56. The molecular weight excluding hydrogens is 510 g/mol. The van der Waals surface area contributed by atoms with Crippen LogP contribution < -0.4 is 15.3 Å². The van der Waals surface area contributed by atoms with Crippen LogP contribution in [0.4, 0.5) is 0 Å². The van der Waals surface area contributed by atoms with Crippen LogP contribution >= 0.6 is 0 Å². The van der Waals surface area contributed by atoms with E-state index in [0.717, 1.165) is 22.0 Å². The minimum Gasteiger partial charge on any atom is -0.449 e. The molecule has 1 aliphatic heterocycles. The van der Waals surface area contributed by atoms with Gasteiger partial charge < -0.3 is 14.0 Å². The molecule has 0 saturated carbocycles. The SMILES string of the molecule is Cc1ccc(C#N)cc1OC1=C([N+](=O)[O-])C(Cc2ccccc2)=NC(Oc2cccc(-c3nccn3C)c2)N1N. The van der Waals surface area contributed by atoms with Gasteiger partial charge >= 0.3 is 5.70 Å². The molecule has 11 nitrogen and oxygen atoms in total. The number of hydrogen-bond acceptors (Lipinski definition) is 9. The van der Waals surface area contributed by atoms with E-state index in [9.17, 15) is 15.4 Å². The molecule has 0 bridgehead atoms. The van der Waals surface area contributed by atoms with E-state index in [1.807, 2.05) is 60.3 Å². The van der Waals surface area contributed by atoms with E-state index in [0.29, 0.717) is 16.9 Å². The first kappa shape index (κ1) is 26.1. The summed E-state index contributed by atoms with van der Waals surface area (Å²) in [5.41, 5.74) is 2.35. The summed E-state index contributed by atoms with van der Waals surface area (Å²) >= 11 is 0. The van der Waals surface area contributed by atoms with Gasteiger partial charge in [-0.2, -0.15) is 5.26 Å². The predicted molar refractivity (Wildman–Crippen MR) is 147 cm³/mol. The molecule has 0 radical (unpaired) electrons. The van der Waals surface area contributed by atoms with Crippen LogP contribution in [0.3, 0.4) is 0 Å². The number of rotatable bonds is 8. The third kappa shape index (κ3) is 5.38. The van der Waals surface area contributed by atoms with Crippen LogP contribution in [-0.2, 0) is 13.5 Å². The molecule has 1 unspecified atom stereocenters. The second-order valence-electron chi connectivity index (χ2n) is 9.08. The van der Waals surface area contributed by atoms with E-state index in [4.69, 9.17) is 15.3 Å². The van der Waals surface area contributed by atoms with E-state index >= 15 is 0 Å². The second-order valence-corrected chi connectivity index (χ2v) is 9.08. The summed E-state index contributed by atoms with van der Waals surface area (Å²) < 4.78 is 14.1. The Morgan fingerprint density at radius 1 is 1.12 bits per heavy atom. The quantitative estimate of drug-likeness (QED) is 0.199. The fraction of sp³-hybridized carbons (Fsp3) is 0.138. The molecule has 0 amide bonds. The highest BCUT2D eigenvalue weighted by molar-refractivity contribution is 6.00. The molecule has 4 aromatic rings. The molecule has 11 heteroatoms. The topological polar surface area (TPSA) is 145 Å². The van der Waals surface area contributed by atoms with Gasteiger partial charge in [0.25, 0.3) is 12.2 Å². The molecule has 1 aromatic heterocycles. The van der Waals surface area contributed by atoms with Gasteiger partial charge in [0.2, 0.25) is 0 Å². The van der Waals surface area contributed by atoms with Gasteiger partial charge in [0.15, 0.2) is 0 Å². The van der Waals surface area contributed by atoms with Crippen molar-refractivity contribution in [3.05, 3.63) is 124 Å². The van der Waals surface area contributed by atoms with Gasteiger partial charge in [-0.15, -0.1) is 0 Å². The number of nitrogens with two attached hydrogens (primary N) is 1. The maximum atomic E-state index is 12.4. The molecule has 0 aliphatic carbocycles. The third-order valence-electron chi connectivity index (χ3n) is 6.29. The summed E-state index contributed by atoms with van der Waals surface area (Å²) in [6.45, 7) is 1.77. The summed E-state index contributed by atoms with van der Waals surface area (Å²) in [4.78, 5) is 20.7. The first-order chi connectivity index (χ1) is 19.3. The Labute approximate surface area is 230 Å². The first-order valence-corrected chi connectivity index (χ1v) is 12.3. The molecule has 5 rings (SSSR count). The molecule has 2 heterocycles. The van der Waals surface area contributed by atoms with E-state index in [1.54, 1.807) is 37.4 Å². The highest BCUT2D eigenvalue weighted by Crippen LogP contribution is 2.30. The molecule has 3 aromatic carbocycles. The van der Waals surface area contributed by atoms with Crippen LogP contribution in [0.15, 0.2) is 102 Å². The fourth-order valence-electron chi connectivity index (χ4n) is 4.25. The lowest BCUT2D eigenvalue weighted by Gasteiger charge is -2.31. The number of benzene rings is 3. The van der Waals surface area contributed by atoms with Crippen molar-refractivity contribution in [1.29, 1.82) is 5.26 Å². The van der Waals surface area contributed by atoms with Crippen molar-refractivity contribution in [2.24, 2.45) is 17.9 Å². The van der Waals surface area contributed by atoms with Crippen LogP contribution in [-0.4, -0.2) is 31.5 Å². The molecule has 1 aliphatic rings. The lowest BCUT2D eigenvalue weighted by molar-refractivity contribution is -0.420. The number of aliphatic imine (C=N–C) groups is 1. The maximum Gasteiger partial charge on any atom is 0.352 e. The van der Waals surface area contributed by atoms with Crippen LogP contribution in [0.25, 0.3) is 11.4 Å². The van der Waals surface area contributed by atoms with Gasteiger partial charge in [-0.25, -0.2) is 20.8 Å².